The Labute approximate surface area is 164 Å². The zero-order valence-electron chi connectivity index (χ0n) is 15.1. The molecule has 0 aliphatic rings. The van der Waals surface area contributed by atoms with Crippen LogP contribution in [0.15, 0.2) is 87.0 Å². The lowest BCUT2D eigenvalue weighted by molar-refractivity contribution is -0.111. The van der Waals surface area contributed by atoms with E-state index in [1.807, 2.05) is 6.07 Å². The molecule has 2 heterocycles. The van der Waals surface area contributed by atoms with E-state index in [4.69, 9.17) is 4.42 Å². The zero-order chi connectivity index (χ0) is 20.2. The first kappa shape index (κ1) is 18.1. The summed E-state index contributed by atoms with van der Waals surface area (Å²) in [6, 6.07) is 16.9. The topological polar surface area (TPSA) is 105 Å². The number of hydrogen-bond donors (Lipinski definition) is 2. The third-order valence-corrected chi connectivity index (χ3v) is 4.23. The number of aromatic nitrogens is 2. The van der Waals surface area contributed by atoms with Crippen LogP contribution in [0.4, 0.5) is 5.69 Å². The first-order chi connectivity index (χ1) is 14.1. The molecule has 29 heavy (non-hydrogen) atoms. The maximum Gasteiger partial charge on any atom is 0.264 e. The van der Waals surface area contributed by atoms with Gasteiger partial charge in [0.25, 0.3) is 5.56 Å². The summed E-state index contributed by atoms with van der Waals surface area (Å²) in [5.41, 5.74) is 2.14. The van der Waals surface area contributed by atoms with Gasteiger partial charge in [0.05, 0.1) is 16.6 Å². The standard InChI is InChI=1S/C22H15N3O4/c26-20(10-8-15-13-29-19-7-2-1-6-17(19)22(15)28)23-16-5-3-4-14(12-16)18-9-11-21(27)25-24-18/h1-13H,(H,23,26)(H,25,27)/b10-8+. The van der Waals surface area contributed by atoms with E-state index in [1.165, 1.54) is 24.5 Å². The second-order valence-corrected chi connectivity index (χ2v) is 6.23. The lowest BCUT2D eigenvalue weighted by Gasteiger charge is -2.05. The highest BCUT2D eigenvalue weighted by atomic mass is 16.3. The Balaban J connectivity index is 1.52. The summed E-state index contributed by atoms with van der Waals surface area (Å²) < 4.78 is 5.43. The maximum absolute atomic E-state index is 12.4. The third kappa shape index (κ3) is 4.03. The highest BCUT2D eigenvalue weighted by Crippen LogP contribution is 2.19. The number of carbonyl (C=O) groups is 1. The quantitative estimate of drug-likeness (QED) is 0.525. The summed E-state index contributed by atoms with van der Waals surface area (Å²) in [5.74, 6) is -0.399. The van der Waals surface area contributed by atoms with Crippen molar-refractivity contribution in [2.75, 3.05) is 5.32 Å². The van der Waals surface area contributed by atoms with E-state index in [0.29, 0.717) is 22.4 Å². The molecule has 2 aromatic heterocycles. The van der Waals surface area contributed by atoms with Gasteiger partial charge in [0.1, 0.15) is 11.8 Å². The zero-order valence-corrected chi connectivity index (χ0v) is 15.1. The molecule has 0 radical (unpaired) electrons. The summed E-state index contributed by atoms with van der Waals surface area (Å²) in [7, 11) is 0. The van der Waals surface area contributed by atoms with Crippen LogP contribution in [-0.4, -0.2) is 16.1 Å². The average molecular weight is 385 g/mol. The number of nitrogens with one attached hydrogen (secondary N) is 2. The van der Waals surface area contributed by atoms with Gasteiger partial charge in [-0.05, 0) is 36.4 Å². The van der Waals surface area contributed by atoms with Crippen molar-refractivity contribution < 1.29 is 9.21 Å². The fourth-order valence-electron chi connectivity index (χ4n) is 2.82. The molecule has 0 bridgehead atoms. The first-order valence-electron chi connectivity index (χ1n) is 8.76. The number of rotatable bonds is 4. The first-order valence-corrected chi connectivity index (χ1v) is 8.76. The van der Waals surface area contributed by atoms with E-state index < -0.39 is 5.91 Å². The molecule has 2 N–H and O–H groups in total. The molecular weight excluding hydrogens is 370 g/mol. The Morgan fingerprint density at radius 3 is 2.72 bits per heavy atom. The number of anilines is 1. The van der Waals surface area contributed by atoms with E-state index in [1.54, 1.807) is 48.5 Å². The van der Waals surface area contributed by atoms with Crippen LogP contribution >= 0.6 is 0 Å². The predicted molar refractivity (Wildman–Crippen MR) is 110 cm³/mol. The van der Waals surface area contributed by atoms with Crippen LogP contribution < -0.4 is 16.3 Å². The second-order valence-electron chi connectivity index (χ2n) is 6.23. The second kappa shape index (κ2) is 7.77. The van der Waals surface area contributed by atoms with E-state index in [-0.39, 0.29) is 16.6 Å². The molecule has 4 rings (SSSR count). The summed E-state index contributed by atoms with van der Waals surface area (Å²) in [6.07, 6.45) is 4.02. The Morgan fingerprint density at radius 1 is 1.03 bits per heavy atom. The van der Waals surface area contributed by atoms with Gasteiger partial charge in [-0.25, -0.2) is 5.10 Å². The average Bonchev–Trinajstić information content (AvgIpc) is 2.74. The van der Waals surface area contributed by atoms with Gasteiger partial charge in [-0.2, -0.15) is 5.10 Å². The number of carbonyl (C=O) groups excluding carboxylic acids is 1. The molecule has 7 nitrogen and oxygen atoms in total. The van der Waals surface area contributed by atoms with Crippen molar-refractivity contribution >= 4 is 28.6 Å². The molecule has 142 valence electrons. The molecule has 4 aromatic rings. The van der Waals surface area contributed by atoms with Crippen molar-refractivity contribution in [3.05, 3.63) is 99.1 Å². The number of H-pyrrole nitrogens is 1. The van der Waals surface area contributed by atoms with Crippen LogP contribution in [0.1, 0.15) is 5.56 Å². The summed E-state index contributed by atoms with van der Waals surface area (Å²) in [5, 5.41) is 9.53. The molecule has 0 aliphatic carbocycles. The van der Waals surface area contributed by atoms with E-state index in [0.717, 1.165) is 5.56 Å². The number of fused-ring (bicyclic) bond motifs is 1. The van der Waals surface area contributed by atoms with Crippen LogP contribution in [0, 0.1) is 0 Å². The van der Waals surface area contributed by atoms with Gasteiger partial charge in [-0.15, -0.1) is 0 Å². The molecule has 0 aliphatic heterocycles. The fourth-order valence-corrected chi connectivity index (χ4v) is 2.82. The number of para-hydroxylation sites is 1. The van der Waals surface area contributed by atoms with E-state index in [2.05, 4.69) is 15.5 Å². The molecule has 1 amide bonds. The number of hydrogen-bond acceptors (Lipinski definition) is 5. The van der Waals surface area contributed by atoms with Crippen LogP contribution in [-0.2, 0) is 4.79 Å². The van der Waals surface area contributed by atoms with Crippen LogP contribution in [0.25, 0.3) is 28.3 Å². The number of amides is 1. The number of aromatic amines is 1. The van der Waals surface area contributed by atoms with Gasteiger partial charge in [0, 0.05) is 23.4 Å². The van der Waals surface area contributed by atoms with Crippen molar-refractivity contribution in [1.29, 1.82) is 0 Å². The summed E-state index contributed by atoms with van der Waals surface area (Å²) >= 11 is 0. The van der Waals surface area contributed by atoms with E-state index >= 15 is 0 Å². The fraction of sp³-hybridized carbons (Fsp3) is 0. The molecule has 2 aromatic carbocycles. The van der Waals surface area contributed by atoms with Gasteiger partial charge in [0.15, 0.2) is 5.43 Å². The van der Waals surface area contributed by atoms with Crippen LogP contribution in [0.2, 0.25) is 0 Å². The Kier molecular flexibility index (Phi) is 4.86. The van der Waals surface area contributed by atoms with Crippen molar-refractivity contribution in [2.24, 2.45) is 0 Å². The lowest BCUT2D eigenvalue weighted by atomic mass is 10.1. The van der Waals surface area contributed by atoms with Crippen molar-refractivity contribution in [3.8, 4) is 11.3 Å². The maximum atomic E-state index is 12.4. The van der Waals surface area contributed by atoms with Crippen LogP contribution in [0.5, 0.6) is 0 Å². The molecule has 0 atom stereocenters. The number of benzene rings is 2. The molecule has 0 unspecified atom stereocenters. The SMILES string of the molecule is O=C(/C=C/c1coc2ccccc2c1=O)Nc1cccc(-c2ccc(=O)[nH]n2)c1. The smallest absolute Gasteiger partial charge is 0.264 e. The minimum absolute atomic E-state index is 0.206. The lowest BCUT2D eigenvalue weighted by Crippen LogP contribution is -2.09. The highest BCUT2D eigenvalue weighted by molar-refractivity contribution is 6.02. The van der Waals surface area contributed by atoms with Gasteiger partial charge in [-0.3, -0.25) is 14.4 Å². The molecule has 7 heteroatoms. The normalized spacial score (nSPS) is 11.0. The minimum atomic E-state index is -0.399. The molecule has 0 fully saturated rings. The van der Waals surface area contributed by atoms with Crippen molar-refractivity contribution in [1.82, 2.24) is 10.2 Å². The molecule has 0 saturated heterocycles. The van der Waals surface area contributed by atoms with Gasteiger partial charge < -0.3 is 9.73 Å². The molecule has 0 spiro atoms. The Morgan fingerprint density at radius 2 is 1.90 bits per heavy atom. The highest BCUT2D eigenvalue weighted by Gasteiger charge is 2.06. The molecular formula is C22H15N3O4. The van der Waals surface area contributed by atoms with Gasteiger partial charge >= 0.3 is 0 Å². The van der Waals surface area contributed by atoms with Gasteiger partial charge in [0.2, 0.25) is 5.91 Å². The Hall–Kier alpha value is -4.26. The van der Waals surface area contributed by atoms with Gasteiger partial charge in [-0.1, -0.05) is 24.3 Å². The summed E-state index contributed by atoms with van der Waals surface area (Å²) in [4.78, 5) is 35.8. The van der Waals surface area contributed by atoms with Crippen molar-refractivity contribution in [2.45, 2.75) is 0 Å². The largest absolute Gasteiger partial charge is 0.463 e. The third-order valence-electron chi connectivity index (χ3n) is 4.23. The molecule has 0 saturated carbocycles. The Bertz CT molecular complexity index is 1330. The van der Waals surface area contributed by atoms with Crippen LogP contribution in [0.3, 0.4) is 0 Å². The van der Waals surface area contributed by atoms with Crippen molar-refractivity contribution in [3.63, 3.8) is 0 Å². The summed E-state index contributed by atoms with van der Waals surface area (Å²) in [6.45, 7) is 0. The monoisotopic (exact) mass is 385 g/mol. The van der Waals surface area contributed by atoms with E-state index in [9.17, 15) is 14.4 Å². The number of nitrogens with zero attached hydrogens (tertiary/aromatic N) is 1. The minimum Gasteiger partial charge on any atom is -0.463 e. The predicted octanol–water partition coefficient (Wildman–Crippen LogP) is 3.20.